The standard InChI is InChI=1S/C24H24N2O5/c1-3-26(16(2)23(28)29)22(27)13-8-14-25-24(30)31-15-21-19-11-6-4-9-17(19)18-10-5-7-12-20(18)21/h4-7,9-12,16,21H,3,14-15H2,1-2H3,(H,25,30)(H,28,29). The molecular formula is C24H24N2O5. The maximum absolute atomic E-state index is 12.1. The number of carboxylic acid groups (broad SMARTS) is 1. The van der Waals surface area contributed by atoms with Crippen LogP contribution in [-0.4, -0.2) is 53.7 Å². The van der Waals surface area contributed by atoms with Crippen molar-refractivity contribution in [1.29, 1.82) is 0 Å². The predicted octanol–water partition coefficient (Wildman–Crippen LogP) is 2.85. The predicted molar refractivity (Wildman–Crippen MR) is 115 cm³/mol. The zero-order chi connectivity index (χ0) is 22.4. The number of ether oxygens (including phenoxy) is 1. The lowest BCUT2D eigenvalue weighted by Gasteiger charge is -2.22. The molecule has 2 N–H and O–H groups in total. The van der Waals surface area contributed by atoms with Crippen LogP contribution in [0.3, 0.4) is 0 Å². The summed E-state index contributed by atoms with van der Waals surface area (Å²) in [6, 6.07) is 15.1. The van der Waals surface area contributed by atoms with Crippen LogP contribution in [0.15, 0.2) is 48.5 Å². The van der Waals surface area contributed by atoms with E-state index in [0.29, 0.717) is 0 Å². The fourth-order valence-electron chi connectivity index (χ4n) is 3.68. The van der Waals surface area contributed by atoms with Crippen LogP contribution in [-0.2, 0) is 14.3 Å². The van der Waals surface area contributed by atoms with E-state index >= 15 is 0 Å². The second-order valence-electron chi connectivity index (χ2n) is 7.09. The Hall–Kier alpha value is -3.79. The summed E-state index contributed by atoms with van der Waals surface area (Å²) in [6.07, 6.45) is -0.630. The van der Waals surface area contributed by atoms with Gasteiger partial charge in [-0.3, -0.25) is 4.79 Å². The fraction of sp³-hybridized carbons (Fsp3) is 0.292. The Labute approximate surface area is 181 Å². The summed E-state index contributed by atoms with van der Waals surface area (Å²) in [7, 11) is 0. The Morgan fingerprint density at radius 2 is 1.68 bits per heavy atom. The number of nitrogens with one attached hydrogen (secondary N) is 1. The number of carbonyl (C=O) groups is 3. The van der Waals surface area contributed by atoms with Crippen molar-refractivity contribution in [2.24, 2.45) is 0 Å². The quantitative estimate of drug-likeness (QED) is 0.701. The summed E-state index contributed by atoms with van der Waals surface area (Å²) in [5.41, 5.74) is 4.53. The van der Waals surface area contributed by atoms with Gasteiger partial charge in [-0.1, -0.05) is 54.5 Å². The molecule has 1 atom stereocenters. The molecule has 0 saturated carbocycles. The number of amides is 2. The molecule has 0 heterocycles. The van der Waals surface area contributed by atoms with Gasteiger partial charge in [-0.25, -0.2) is 9.59 Å². The molecule has 0 radical (unpaired) electrons. The number of hydrogen-bond acceptors (Lipinski definition) is 4. The molecule has 3 rings (SSSR count). The molecular weight excluding hydrogens is 396 g/mol. The zero-order valence-corrected chi connectivity index (χ0v) is 17.4. The van der Waals surface area contributed by atoms with Crippen LogP contribution in [0.25, 0.3) is 11.1 Å². The fourth-order valence-corrected chi connectivity index (χ4v) is 3.68. The Bertz CT molecular complexity index is 1010. The van der Waals surface area contributed by atoms with E-state index in [1.807, 2.05) is 36.4 Å². The van der Waals surface area contributed by atoms with Crippen LogP contribution >= 0.6 is 0 Å². The SMILES string of the molecule is CCN(C(=O)C#CCNC(=O)OCC1c2ccccc2-c2ccccc21)C(C)C(=O)O. The first-order chi connectivity index (χ1) is 14.9. The Kier molecular flexibility index (Phi) is 6.93. The Morgan fingerprint density at radius 1 is 1.10 bits per heavy atom. The van der Waals surface area contributed by atoms with Gasteiger partial charge in [0, 0.05) is 12.5 Å². The lowest BCUT2D eigenvalue weighted by atomic mass is 9.98. The molecule has 31 heavy (non-hydrogen) atoms. The highest BCUT2D eigenvalue weighted by atomic mass is 16.5. The summed E-state index contributed by atoms with van der Waals surface area (Å²) in [5.74, 6) is 3.14. The third-order valence-corrected chi connectivity index (χ3v) is 5.29. The minimum atomic E-state index is -1.10. The van der Waals surface area contributed by atoms with Crippen LogP contribution in [0.5, 0.6) is 0 Å². The van der Waals surface area contributed by atoms with Gasteiger partial charge in [-0.2, -0.15) is 0 Å². The number of rotatable bonds is 6. The van der Waals surface area contributed by atoms with Crippen molar-refractivity contribution >= 4 is 18.0 Å². The van der Waals surface area contributed by atoms with Gasteiger partial charge >= 0.3 is 12.1 Å². The van der Waals surface area contributed by atoms with Gasteiger partial charge < -0.3 is 20.1 Å². The first kappa shape index (κ1) is 21.9. The molecule has 7 nitrogen and oxygen atoms in total. The van der Waals surface area contributed by atoms with Crippen LogP contribution in [0.1, 0.15) is 30.9 Å². The summed E-state index contributed by atoms with van der Waals surface area (Å²) in [5, 5.41) is 11.5. The van der Waals surface area contributed by atoms with E-state index in [0.717, 1.165) is 27.2 Å². The van der Waals surface area contributed by atoms with E-state index in [1.54, 1.807) is 6.92 Å². The molecule has 0 spiro atoms. The number of benzene rings is 2. The maximum Gasteiger partial charge on any atom is 0.407 e. The number of nitrogens with zero attached hydrogens (tertiary/aromatic N) is 1. The van der Waals surface area contributed by atoms with Crippen molar-refractivity contribution in [3.05, 3.63) is 59.7 Å². The first-order valence-corrected chi connectivity index (χ1v) is 10.0. The maximum atomic E-state index is 12.1. The molecule has 2 aromatic rings. The summed E-state index contributed by atoms with van der Waals surface area (Å²) < 4.78 is 5.39. The molecule has 1 aliphatic carbocycles. The van der Waals surface area contributed by atoms with Crippen molar-refractivity contribution in [3.63, 3.8) is 0 Å². The molecule has 0 fully saturated rings. The molecule has 0 aliphatic heterocycles. The molecule has 0 saturated heterocycles. The van der Waals surface area contributed by atoms with E-state index in [2.05, 4.69) is 29.3 Å². The Morgan fingerprint density at radius 3 is 2.23 bits per heavy atom. The molecule has 160 valence electrons. The summed E-state index contributed by atoms with van der Waals surface area (Å²) in [6.45, 7) is 3.42. The number of likely N-dealkylation sites (N-methyl/N-ethyl adjacent to an activating group) is 1. The zero-order valence-electron chi connectivity index (χ0n) is 17.4. The van der Waals surface area contributed by atoms with E-state index in [9.17, 15) is 14.4 Å². The largest absolute Gasteiger partial charge is 0.480 e. The second kappa shape index (κ2) is 9.81. The lowest BCUT2D eigenvalue weighted by molar-refractivity contribution is -0.147. The molecule has 2 amide bonds. The van der Waals surface area contributed by atoms with Crippen molar-refractivity contribution in [1.82, 2.24) is 10.2 Å². The monoisotopic (exact) mass is 420 g/mol. The molecule has 0 aromatic heterocycles. The smallest absolute Gasteiger partial charge is 0.407 e. The van der Waals surface area contributed by atoms with Gasteiger partial charge in [0.25, 0.3) is 5.91 Å². The number of aliphatic carboxylic acids is 1. The highest BCUT2D eigenvalue weighted by Gasteiger charge is 2.29. The van der Waals surface area contributed by atoms with Gasteiger partial charge in [-0.05, 0) is 42.0 Å². The van der Waals surface area contributed by atoms with Crippen molar-refractivity contribution in [2.75, 3.05) is 19.7 Å². The highest BCUT2D eigenvalue weighted by molar-refractivity contribution is 5.96. The molecule has 0 bridgehead atoms. The van der Waals surface area contributed by atoms with E-state index < -0.39 is 24.0 Å². The molecule has 1 aliphatic rings. The minimum Gasteiger partial charge on any atom is -0.480 e. The van der Waals surface area contributed by atoms with Gasteiger partial charge in [0.2, 0.25) is 0 Å². The third-order valence-electron chi connectivity index (χ3n) is 5.29. The summed E-state index contributed by atoms with van der Waals surface area (Å²) >= 11 is 0. The van der Waals surface area contributed by atoms with Crippen LogP contribution in [0, 0.1) is 11.8 Å². The number of hydrogen-bond donors (Lipinski definition) is 2. The van der Waals surface area contributed by atoms with E-state index in [1.165, 1.54) is 6.92 Å². The minimum absolute atomic E-state index is 0.0403. The third kappa shape index (κ3) is 4.86. The molecule has 2 aromatic carbocycles. The molecule has 1 unspecified atom stereocenters. The van der Waals surface area contributed by atoms with Gasteiger partial charge in [0.05, 0.1) is 6.54 Å². The van der Waals surface area contributed by atoms with Crippen LogP contribution < -0.4 is 5.32 Å². The normalized spacial score (nSPS) is 12.6. The topological polar surface area (TPSA) is 95.9 Å². The number of fused-ring (bicyclic) bond motifs is 3. The number of alkyl carbamates (subject to hydrolysis) is 1. The van der Waals surface area contributed by atoms with Crippen LogP contribution in [0.4, 0.5) is 4.79 Å². The van der Waals surface area contributed by atoms with Crippen LogP contribution in [0.2, 0.25) is 0 Å². The number of carbonyl (C=O) groups excluding carboxylic acids is 2. The van der Waals surface area contributed by atoms with Gasteiger partial charge in [0.15, 0.2) is 0 Å². The van der Waals surface area contributed by atoms with Crippen molar-refractivity contribution in [3.8, 4) is 23.0 Å². The first-order valence-electron chi connectivity index (χ1n) is 10.0. The van der Waals surface area contributed by atoms with Crippen molar-refractivity contribution < 1.29 is 24.2 Å². The molecule has 7 heteroatoms. The van der Waals surface area contributed by atoms with Gasteiger partial charge in [0.1, 0.15) is 12.6 Å². The number of carboxylic acids is 1. The average molecular weight is 420 g/mol. The van der Waals surface area contributed by atoms with E-state index in [4.69, 9.17) is 9.84 Å². The Balaban J connectivity index is 1.54. The average Bonchev–Trinajstić information content (AvgIpc) is 3.09. The van der Waals surface area contributed by atoms with Gasteiger partial charge in [-0.15, -0.1) is 0 Å². The summed E-state index contributed by atoms with van der Waals surface area (Å²) in [4.78, 5) is 36.3. The van der Waals surface area contributed by atoms with E-state index in [-0.39, 0.29) is 25.6 Å². The second-order valence-corrected chi connectivity index (χ2v) is 7.09. The van der Waals surface area contributed by atoms with Crippen molar-refractivity contribution in [2.45, 2.75) is 25.8 Å². The highest BCUT2D eigenvalue weighted by Crippen LogP contribution is 2.44. The lowest BCUT2D eigenvalue weighted by Crippen LogP contribution is -2.42.